The fourth-order valence-electron chi connectivity index (χ4n) is 2.41. The molecule has 6 heteroatoms. The maximum atomic E-state index is 12.1. The summed E-state index contributed by atoms with van der Waals surface area (Å²) in [5.74, 6) is -0.0614. The van der Waals surface area contributed by atoms with Gasteiger partial charge in [0, 0.05) is 17.3 Å². The molecule has 20 heavy (non-hydrogen) atoms. The first-order valence-corrected chi connectivity index (χ1v) is 7.59. The third-order valence-corrected chi connectivity index (χ3v) is 4.42. The van der Waals surface area contributed by atoms with Gasteiger partial charge in [-0.3, -0.25) is 0 Å². The molecule has 0 spiro atoms. The third kappa shape index (κ3) is 3.30. The number of amides is 1. The van der Waals surface area contributed by atoms with Crippen LogP contribution in [0.5, 0.6) is 0 Å². The molecule has 1 N–H and O–H groups in total. The Morgan fingerprint density at radius 2 is 2.05 bits per heavy atom. The van der Waals surface area contributed by atoms with Crippen molar-refractivity contribution in [3.8, 4) is 0 Å². The number of aliphatic hydroxyl groups excluding tert-OH is 1. The Kier molecular flexibility index (Phi) is 4.07. The first-order valence-electron chi connectivity index (χ1n) is 6.77. The molecule has 1 aromatic rings. The summed E-state index contributed by atoms with van der Waals surface area (Å²) in [4.78, 5) is 19.1. The van der Waals surface area contributed by atoms with Crippen LogP contribution in [0.3, 0.4) is 0 Å². The van der Waals surface area contributed by atoms with E-state index >= 15 is 0 Å². The van der Waals surface area contributed by atoms with Crippen LogP contribution in [0.1, 0.15) is 42.3 Å². The first kappa shape index (κ1) is 15.3. The lowest BCUT2D eigenvalue weighted by atomic mass is 10.0. The van der Waals surface area contributed by atoms with E-state index in [1.54, 1.807) is 16.2 Å². The molecule has 0 unspecified atom stereocenters. The van der Waals surface area contributed by atoms with Crippen LogP contribution in [0.15, 0.2) is 0 Å². The van der Waals surface area contributed by atoms with Crippen molar-refractivity contribution in [2.24, 2.45) is 0 Å². The van der Waals surface area contributed by atoms with Crippen molar-refractivity contribution in [1.29, 1.82) is 0 Å². The van der Waals surface area contributed by atoms with Gasteiger partial charge >= 0.3 is 6.09 Å². The Bertz CT molecular complexity index is 507. The highest BCUT2D eigenvalue weighted by molar-refractivity contribution is 7.11. The number of aliphatic hydroxyl groups is 1. The SMILES string of the molecule is Cc1nc(C)c([C@@H]2CN(C(=O)OC(C)(C)C)C[C@H]2O)s1. The number of hydrogen-bond acceptors (Lipinski definition) is 5. The molecule has 112 valence electrons. The number of likely N-dealkylation sites (tertiary alicyclic amines) is 1. The van der Waals surface area contributed by atoms with Crippen LogP contribution in [-0.2, 0) is 4.74 Å². The molecule has 2 rings (SSSR count). The molecule has 2 atom stereocenters. The van der Waals surface area contributed by atoms with Gasteiger partial charge < -0.3 is 14.7 Å². The third-order valence-electron chi connectivity index (χ3n) is 3.22. The van der Waals surface area contributed by atoms with Crippen LogP contribution < -0.4 is 0 Å². The second-order valence-corrected chi connectivity index (χ2v) is 7.48. The molecule has 0 radical (unpaired) electrons. The van der Waals surface area contributed by atoms with Crippen LogP contribution in [0.2, 0.25) is 0 Å². The van der Waals surface area contributed by atoms with Gasteiger partial charge in [0.25, 0.3) is 0 Å². The zero-order chi connectivity index (χ0) is 15.1. The summed E-state index contributed by atoms with van der Waals surface area (Å²) in [6.45, 7) is 10.2. The first-order chi connectivity index (χ1) is 9.17. The van der Waals surface area contributed by atoms with Gasteiger partial charge in [-0.05, 0) is 34.6 Å². The molecule has 1 aromatic heterocycles. The fraction of sp³-hybridized carbons (Fsp3) is 0.714. The van der Waals surface area contributed by atoms with E-state index in [0.29, 0.717) is 13.1 Å². The summed E-state index contributed by atoms with van der Waals surface area (Å²) in [7, 11) is 0. The maximum absolute atomic E-state index is 12.1. The Hall–Kier alpha value is -1.14. The number of carbonyl (C=O) groups excluding carboxylic acids is 1. The van der Waals surface area contributed by atoms with Gasteiger partial charge in [0.05, 0.1) is 23.4 Å². The molecule has 0 saturated carbocycles. The van der Waals surface area contributed by atoms with Crippen molar-refractivity contribution < 1.29 is 14.6 Å². The summed E-state index contributed by atoms with van der Waals surface area (Å²) in [6, 6.07) is 0. The number of β-amino-alcohol motifs (C(OH)–C–C–N with tert-alkyl or cyclic N) is 1. The number of aryl methyl sites for hydroxylation is 2. The molecule has 0 aliphatic carbocycles. The topological polar surface area (TPSA) is 62.7 Å². The van der Waals surface area contributed by atoms with Crippen molar-refractivity contribution in [3.05, 3.63) is 15.6 Å². The molecule has 1 amide bonds. The highest BCUT2D eigenvalue weighted by Gasteiger charge is 2.38. The summed E-state index contributed by atoms with van der Waals surface area (Å²) in [5, 5.41) is 11.2. The second kappa shape index (κ2) is 5.33. The number of aromatic nitrogens is 1. The zero-order valence-corrected chi connectivity index (χ0v) is 13.5. The summed E-state index contributed by atoms with van der Waals surface area (Å²) in [5.41, 5.74) is 0.430. The van der Waals surface area contributed by atoms with Crippen LogP contribution in [0, 0.1) is 13.8 Å². The fourth-order valence-corrected chi connectivity index (χ4v) is 3.49. The summed E-state index contributed by atoms with van der Waals surface area (Å²) < 4.78 is 5.35. The average Bonchev–Trinajstić information content (AvgIpc) is 2.79. The van der Waals surface area contributed by atoms with Crippen LogP contribution in [0.4, 0.5) is 4.79 Å². The zero-order valence-electron chi connectivity index (χ0n) is 12.6. The number of carbonyl (C=O) groups is 1. The lowest BCUT2D eigenvalue weighted by molar-refractivity contribution is 0.0270. The van der Waals surface area contributed by atoms with Gasteiger partial charge in [-0.2, -0.15) is 0 Å². The van der Waals surface area contributed by atoms with E-state index in [9.17, 15) is 9.90 Å². The predicted octanol–water partition coefficient (Wildman–Crippen LogP) is 2.46. The minimum absolute atomic E-state index is 0.0614. The summed E-state index contributed by atoms with van der Waals surface area (Å²) >= 11 is 1.59. The van der Waals surface area contributed by atoms with Crippen LogP contribution in [-0.4, -0.2) is 45.9 Å². The Balaban J connectivity index is 2.09. The Labute approximate surface area is 123 Å². The van der Waals surface area contributed by atoms with Crippen molar-refractivity contribution in [3.63, 3.8) is 0 Å². The Morgan fingerprint density at radius 3 is 2.55 bits per heavy atom. The molecule has 0 aromatic carbocycles. The average molecular weight is 298 g/mol. The second-order valence-electron chi connectivity index (χ2n) is 6.24. The number of thiazole rings is 1. The minimum Gasteiger partial charge on any atom is -0.444 e. The van der Waals surface area contributed by atoms with Crippen LogP contribution in [0.25, 0.3) is 0 Å². The van der Waals surface area contributed by atoms with E-state index in [4.69, 9.17) is 4.74 Å². The molecular weight excluding hydrogens is 276 g/mol. The lowest BCUT2D eigenvalue weighted by Gasteiger charge is -2.24. The smallest absolute Gasteiger partial charge is 0.410 e. The van der Waals surface area contributed by atoms with Crippen molar-refractivity contribution in [1.82, 2.24) is 9.88 Å². The standard InChI is InChI=1S/C14H22N2O3S/c1-8-12(20-9(2)15-8)10-6-16(7-11(10)17)13(18)19-14(3,4)5/h10-11,17H,6-7H2,1-5H3/t10-,11-/m1/s1. The van der Waals surface area contributed by atoms with Gasteiger partial charge in [0.1, 0.15) is 5.60 Å². The van der Waals surface area contributed by atoms with Crippen LogP contribution >= 0.6 is 11.3 Å². The largest absolute Gasteiger partial charge is 0.444 e. The summed E-state index contributed by atoms with van der Waals surface area (Å²) in [6.07, 6.45) is -0.918. The minimum atomic E-state index is -0.555. The van der Waals surface area contributed by atoms with Gasteiger partial charge in [-0.1, -0.05) is 0 Å². The quantitative estimate of drug-likeness (QED) is 0.865. The molecule has 0 bridgehead atoms. The molecular formula is C14H22N2O3S. The van der Waals surface area contributed by atoms with Gasteiger partial charge in [0.15, 0.2) is 0 Å². The normalized spacial score (nSPS) is 23.2. The Morgan fingerprint density at radius 1 is 1.40 bits per heavy atom. The number of hydrogen-bond donors (Lipinski definition) is 1. The van der Waals surface area contributed by atoms with Crippen molar-refractivity contribution in [2.75, 3.05) is 13.1 Å². The van der Waals surface area contributed by atoms with E-state index in [0.717, 1.165) is 15.6 Å². The van der Waals surface area contributed by atoms with Gasteiger partial charge in [-0.15, -0.1) is 11.3 Å². The predicted molar refractivity (Wildman–Crippen MR) is 78.1 cm³/mol. The van der Waals surface area contributed by atoms with E-state index in [-0.39, 0.29) is 12.0 Å². The maximum Gasteiger partial charge on any atom is 0.410 e. The number of ether oxygens (including phenoxy) is 1. The molecule has 1 fully saturated rings. The number of nitrogens with zero attached hydrogens (tertiary/aromatic N) is 2. The lowest BCUT2D eigenvalue weighted by Crippen LogP contribution is -2.35. The van der Waals surface area contributed by atoms with Gasteiger partial charge in [-0.25, -0.2) is 9.78 Å². The van der Waals surface area contributed by atoms with Crippen molar-refractivity contribution in [2.45, 2.75) is 52.2 Å². The monoisotopic (exact) mass is 298 g/mol. The molecule has 1 aliphatic heterocycles. The molecule has 1 aliphatic rings. The molecule has 5 nitrogen and oxygen atoms in total. The number of rotatable bonds is 1. The highest BCUT2D eigenvalue weighted by Crippen LogP contribution is 2.34. The molecule has 1 saturated heterocycles. The van der Waals surface area contributed by atoms with Crippen molar-refractivity contribution >= 4 is 17.4 Å². The van der Waals surface area contributed by atoms with E-state index in [2.05, 4.69) is 4.98 Å². The molecule has 2 heterocycles. The highest BCUT2D eigenvalue weighted by atomic mass is 32.1. The van der Waals surface area contributed by atoms with Gasteiger partial charge in [0.2, 0.25) is 0 Å². The van der Waals surface area contributed by atoms with E-state index < -0.39 is 11.7 Å². The van der Waals surface area contributed by atoms with E-state index in [1.807, 2.05) is 34.6 Å². The van der Waals surface area contributed by atoms with E-state index in [1.165, 1.54) is 0 Å².